The van der Waals surface area contributed by atoms with Crippen LogP contribution in [0.4, 0.5) is 0 Å². The average Bonchev–Trinajstić information content (AvgIpc) is 2.75. The second-order valence-electron chi connectivity index (χ2n) is 7.09. The van der Waals surface area contributed by atoms with Crippen LogP contribution in [0, 0.1) is 0 Å². The number of methoxy groups -OCH3 is 1. The van der Waals surface area contributed by atoms with Gasteiger partial charge < -0.3 is 9.64 Å². The number of hydrogen-bond donors (Lipinski definition) is 0. The molecular weight excluding hydrogens is 390 g/mol. The first-order valence-electron chi connectivity index (χ1n) is 9.54. The molecule has 1 saturated heterocycles. The maximum atomic E-state index is 12.7. The fraction of sp³-hybridized carbons (Fsp3) is 0.381. The molecule has 8 heteroatoms. The first kappa shape index (κ1) is 21.3. The Bertz CT molecular complexity index is 909. The maximum Gasteiger partial charge on any atom is 0.243 e. The van der Waals surface area contributed by atoms with Crippen molar-refractivity contribution >= 4 is 15.9 Å². The van der Waals surface area contributed by atoms with Gasteiger partial charge in [-0.3, -0.25) is 9.69 Å². The second kappa shape index (κ2) is 9.39. The lowest BCUT2D eigenvalue weighted by atomic mass is 10.2. The van der Waals surface area contributed by atoms with E-state index in [4.69, 9.17) is 4.74 Å². The predicted molar refractivity (Wildman–Crippen MR) is 111 cm³/mol. The maximum absolute atomic E-state index is 12.7. The van der Waals surface area contributed by atoms with Gasteiger partial charge in [-0.25, -0.2) is 8.42 Å². The smallest absolute Gasteiger partial charge is 0.243 e. The van der Waals surface area contributed by atoms with Gasteiger partial charge in [0.15, 0.2) is 0 Å². The Hall–Kier alpha value is -2.42. The number of benzene rings is 2. The molecule has 2 aromatic rings. The van der Waals surface area contributed by atoms with Crippen molar-refractivity contribution in [2.24, 2.45) is 0 Å². The number of carbonyl (C=O) groups is 1. The number of amides is 1. The molecule has 7 nitrogen and oxygen atoms in total. The lowest BCUT2D eigenvalue weighted by Crippen LogP contribution is -2.51. The fourth-order valence-electron chi connectivity index (χ4n) is 3.27. The highest BCUT2D eigenvalue weighted by Crippen LogP contribution is 2.17. The Morgan fingerprint density at radius 1 is 1.00 bits per heavy atom. The van der Waals surface area contributed by atoms with E-state index < -0.39 is 10.0 Å². The third-order valence-electron chi connectivity index (χ3n) is 5.08. The Morgan fingerprint density at radius 2 is 1.62 bits per heavy atom. The highest BCUT2D eigenvalue weighted by Gasteiger charge is 2.29. The minimum atomic E-state index is -3.48. The van der Waals surface area contributed by atoms with E-state index >= 15 is 0 Å². The van der Waals surface area contributed by atoms with Gasteiger partial charge in [0, 0.05) is 39.8 Å². The number of hydrogen-bond acceptors (Lipinski definition) is 5. The van der Waals surface area contributed by atoms with Gasteiger partial charge in [-0.1, -0.05) is 30.3 Å². The summed E-state index contributed by atoms with van der Waals surface area (Å²) >= 11 is 0. The van der Waals surface area contributed by atoms with Gasteiger partial charge in [-0.15, -0.1) is 0 Å². The van der Waals surface area contributed by atoms with E-state index in [-0.39, 0.29) is 12.5 Å². The Kier molecular flexibility index (Phi) is 6.89. The second-order valence-corrected chi connectivity index (χ2v) is 9.03. The molecule has 0 aromatic heterocycles. The summed E-state index contributed by atoms with van der Waals surface area (Å²) in [6, 6.07) is 16.1. The summed E-state index contributed by atoms with van der Waals surface area (Å²) in [5, 5.41) is 0. The molecule has 3 rings (SSSR count). The van der Waals surface area contributed by atoms with Crippen molar-refractivity contribution in [1.82, 2.24) is 14.1 Å². The van der Waals surface area contributed by atoms with Crippen LogP contribution >= 0.6 is 0 Å². The van der Waals surface area contributed by atoms with Gasteiger partial charge in [0.05, 0.1) is 18.6 Å². The Labute approximate surface area is 172 Å². The molecule has 1 amide bonds. The van der Waals surface area contributed by atoms with Crippen LogP contribution in [0.1, 0.15) is 5.56 Å². The molecule has 1 heterocycles. The molecule has 0 bridgehead atoms. The van der Waals surface area contributed by atoms with Crippen LogP contribution in [0.25, 0.3) is 0 Å². The number of carbonyl (C=O) groups excluding carboxylic acids is 1. The van der Waals surface area contributed by atoms with Gasteiger partial charge in [0.25, 0.3) is 0 Å². The molecule has 0 N–H and O–H groups in total. The van der Waals surface area contributed by atoms with E-state index in [0.29, 0.717) is 37.6 Å². The van der Waals surface area contributed by atoms with Crippen molar-refractivity contribution in [2.75, 3.05) is 46.9 Å². The van der Waals surface area contributed by atoms with Crippen molar-refractivity contribution in [1.29, 1.82) is 0 Å². The molecule has 1 aliphatic rings. The van der Waals surface area contributed by atoms with Crippen LogP contribution in [0.5, 0.6) is 5.75 Å². The number of piperazine rings is 1. The average molecular weight is 418 g/mol. The quantitative estimate of drug-likeness (QED) is 0.685. The minimum absolute atomic E-state index is 0.0141. The largest absolute Gasteiger partial charge is 0.497 e. The van der Waals surface area contributed by atoms with Crippen LogP contribution in [-0.4, -0.2) is 75.3 Å². The zero-order valence-corrected chi connectivity index (χ0v) is 17.6. The van der Waals surface area contributed by atoms with Crippen molar-refractivity contribution < 1.29 is 17.9 Å². The van der Waals surface area contributed by atoms with Crippen LogP contribution in [-0.2, 0) is 21.4 Å². The Balaban J connectivity index is 1.50. The molecule has 2 aromatic carbocycles. The van der Waals surface area contributed by atoms with E-state index in [0.717, 1.165) is 11.3 Å². The van der Waals surface area contributed by atoms with Gasteiger partial charge in [0.1, 0.15) is 5.75 Å². The summed E-state index contributed by atoms with van der Waals surface area (Å²) in [6.07, 6.45) is 0. The van der Waals surface area contributed by atoms with E-state index in [1.807, 2.05) is 29.2 Å². The summed E-state index contributed by atoms with van der Waals surface area (Å²) in [6.45, 7) is 2.64. The Morgan fingerprint density at radius 3 is 2.21 bits per heavy atom. The van der Waals surface area contributed by atoms with E-state index in [1.54, 1.807) is 49.4 Å². The summed E-state index contributed by atoms with van der Waals surface area (Å²) < 4.78 is 32.0. The van der Waals surface area contributed by atoms with Gasteiger partial charge in [-0.2, -0.15) is 4.31 Å². The van der Waals surface area contributed by atoms with Crippen molar-refractivity contribution in [3.8, 4) is 5.75 Å². The van der Waals surface area contributed by atoms with Gasteiger partial charge in [0.2, 0.25) is 15.9 Å². The SMILES string of the molecule is COc1ccc(CN(C)C(=O)CN2CCN(S(=O)(=O)c3ccccc3)CC2)cc1. The zero-order valence-electron chi connectivity index (χ0n) is 16.8. The number of likely N-dealkylation sites (N-methyl/N-ethyl adjacent to an activating group) is 1. The minimum Gasteiger partial charge on any atom is -0.497 e. The predicted octanol–water partition coefficient (Wildman–Crippen LogP) is 1.66. The molecule has 0 unspecified atom stereocenters. The van der Waals surface area contributed by atoms with Gasteiger partial charge in [-0.05, 0) is 29.8 Å². The highest BCUT2D eigenvalue weighted by atomic mass is 32.2. The van der Waals surface area contributed by atoms with E-state index in [9.17, 15) is 13.2 Å². The van der Waals surface area contributed by atoms with Crippen LogP contribution in [0.3, 0.4) is 0 Å². The molecule has 156 valence electrons. The summed E-state index contributed by atoms with van der Waals surface area (Å²) in [5.74, 6) is 0.797. The number of nitrogens with zero attached hydrogens (tertiary/aromatic N) is 3. The third kappa shape index (κ3) is 5.35. The standard InChI is InChI=1S/C21H27N3O4S/c1-22(16-18-8-10-19(28-2)11-9-18)21(25)17-23-12-14-24(15-13-23)29(26,27)20-6-4-3-5-7-20/h3-11H,12-17H2,1-2H3. The van der Waals surface area contributed by atoms with Gasteiger partial charge >= 0.3 is 0 Å². The summed E-state index contributed by atoms with van der Waals surface area (Å²) in [7, 11) is -0.0747. The number of ether oxygens (including phenoxy) is 1. The first-order valence-corrected chi connectivity index (χ1v) is 11.0. The molecule has 29 heavy (non-hydrogen) atoms. The topological polar surface area (TPSA) is 70.2 Å². The molecule has 0 aliphatic carbocycles. The van der Waals surface area contributed by atoms with E-state index in [2.05, 4.69) is 0 Å². The van der Waals surface area contributed by atoms with Crippen molar-refractivity contribution in [2.45, 2.75) is 11.4 Å². The van der Waals surface area contributed by atoms with Crippen LogP contribution < -0.4 is 4.74 Å². The number of rotatable bonds is 7. The van der Waals surface area contributed by atoms with Crippen LogP contribution in [0.2, 0.25) is 0 Å². The lowest BCUT2D eigenvalue weighted by Gasteiger charge is -2.34. The van der Waals surface area contributed by atoms with Crippen molar-refractivity contribution in [3.63, 3.8) is 0 Å². The van der Waals surface area contributed by atoms with Crippen molar-refractivity contribution in [3.05, 3.63) is 60.2 Å². The fourth-order valence-corrected chi connectivity index (χ4v) is 4.72. The molecule has 0 saturated carbocycles. The summed E-state index contributed by atoms with van der Waals surface area (Å²) in [5.41, 5.74) is 1.03. The third-order valence-corrected chi connectivity index (χ3v) is 6.99. The highest BCUT2D eigenvalue weighted by molar-refractivity contribution is 7.89. The molecule has 0 atom stereocenters. The molecule has 0 radical (unpaired) electrons. The molecule has 1 aliphatic heterocycles. The normalized spacial score (nSPS) is 15.8. The molecular formula is C21H27N3O4S. The molecule has 1 fully saturated rings. The summed E-state index contributed by atoms with van der Waals surface area (Å²) in [4.78, 5) is 16.6. The first-order chi connectivity index (χ1) is 13.9. The monoisotopic (exact) mass is 417 g/mol. The number of sulfonamides is 1. The van der Waals surface area contributed by atoms with E-state index in [1.165, 1.54) is 4.31 Å². The lowest BCUT2D eigenvalue weighted by molar-refractivity contribution is -0.131. The molecule has 0 spiro atoms. The van der Waals surface area contributed by atoms with Crippen LogP contribution in [0.15, 0.2) is 59.5 Å². The zero-order chi connectivity index (χ0) is 20.9.